The van der Waals surface area contributed by atoms with Crippen LogP contribution in [0.3, 0.4) is 0 Å². The van der Waals surface area contributed by atoms with Crippen molar-refractivity contribution in [3.05, 3.63) is 6.42 Å². The summed E-state index contributed by atoms with van der Waals surface area (Å²) in [5.41, 5.74) is 0. The fourth-order valence-corrected chi connectivity index (χ4v) is 11.3. The zero-order valence-corrected chi connectivity index (χ0v) is 11.1. The van der Waals surface area contributed by atoms with E-state index in [4.69, 9.17) is 0 Å². The minimum absolute atomic E-state index is 0.911. The summed E-state index contributed by atoms with van der Waals surface area (Å²) < 4.78 is 0. The van der Waals surface area contributed by atoms with E-state index in [1.165, 1.54) is 19.3 Å². The minimum atomic E-state index is 0.911. The summed E-state index contributed by atoms with van der Waals surface area (Å²) in [6.45, 7) is 0. The Morgan fingerprint density at radius 2 is 1.50 bits per heavy atom. The molecule has 0 spiro atoms. The standard InChI is InChI=1S/C10H13S4/c1-2-6-10-8(14-12-6)4-3-7-9(10)5(1)11-13-7/h1,5-10H,2-4H2/q+1. The molecule has 0 aromatic rings. The maximum atomic E-state index is 2.63. The van der Waals surface area contributed by atoms with Gasteiger partial charge in [0.15, 0.2) is 5.25 Å². The SMILES string of the molecule is [CH+]1CC2SSC3CCC4SSC1C4C23. The highest BCUT2D eigenvalue weighted by molar-refractivity contribution is 8.78. The molecule has 76 valence electrons. The maximum Gasteiger partial charge on any atom is 0.157 e. The van der Waals surface area contributed by atoms with Crippen LogP contribution in [-0.4, -0.2) is 21.0 Å². The van der Waals surface area contributed by atoms with Gasteiger partial charge >= 0.3 is 0 Å². The van der Waals surface area contributed by atoms with Gasteiger partial charge in [-0.05, 0) is 29.6 Å². The summed E-state index contributed by atoms with van der Waals surface area (Å²) in [7, 11) is 8.79. The Labute approximate surface area is 101 Å². The van der Waals surface area contributed by atoms with E-state index in [9.17, 15) is 0 Å². The van der Waals surface area contributed by atoms with E-state index in [-0.39, 0.29) is 0 Å². The number of rotatable bonds is 0. The molecule has 4 rings (SSSR count). The molecule has 2 aliphatic carbocycles. The second kappa shape index (κ2) is 3.38. The molecule has 4 fully saturated rings. The first kappa shape index (κ1) is 9.32. The Morgan fingerprint density at radius 1 is 0.786 bits per heavy atom. The summed E-state index contributed by atoms with van der Waals surface area (Å²) in [6, 6.07) is 0. The molecule has 2 saturated heterocycles. The van der Waals surface area contributed by atoms with E-state index in [1.807, 2.05) is 0 Å². The van der Waals surface area contributed by atoms with E-state index in [0.29, 0.717) is 0 Å². The van der Waals surface area contributed by atoms with Crippen molar-refractivity contribution in [3.63, 3.8) is 0 Å². The van der Waals surface area contributed by atoms with Gasteiger partial charge in [0.05, 0.1) is 11.7 Å². The second-order valence-electron chi connectivity index (χ2n) is 4.67. The van der Waals surface area contributed by atoms with Crippen molar-refractivity contribution >= 4 is 43.2 Å². The Balaban J connectivity index is 1.73. The van der Waals surface area contributed by atoms with Gasteiger partial charge in [-0.25, -0.2) is 0 Å². The zero-order valence-electron chi connectivity index (χ0n) is 7.80. The largest absolute Gasteiger partial charge is 0.157 e. The first-order chi connectivity index (χ1) is 6.93. The van der Waals surface area contributed by atoms with Crippen LogP contribution >= 0.6 is 43.2 Å². The van der Waals surface area contributed by atoms with Gasteiger partial charge in [-0.1, -0.05) is 32.4 Å². The summed E-state index contributed by atoms with van der Waals surface area (Å²) in [5.74, 6) is 2.12. The highest BCUT2D eigenvalue weighted by atomic mass is 33.1. The molecule has 0 radical (unpaired) electrons. The Kier molecular flexibility index (Phi) is 2.25. The first-order valence-electron chi connectivity index (χ1n) is 5.41. The van der Waals surface area contributed by atoms with Gasteiger partial charge in [0, 0.05) is 16.4 Å². The van der Waals surface area contributed by atoms with Gasteiger partial charge in [0.1, 0.15) is 6.42 Å². The summed E-state index contributed by atoms with van der Waals surface area (Å²) in [4.78, 5) is 0. The van der Waals surface area contributed by atoms with Gasteiger partial charge in [-0.3, -0.25) is 0 Å². The Morgan fingerprint density at radius 3 is 2.43 bits per heavy atom. The molecule has 4 heteroatoms. The van der Waals surface area contributed by atoms with Gasteiger partial charge in [-0.2, -0.15) is 0 Å². The molecule has 0 nitrogen and oxygen atoms in total. The lowest BCUT2D eigenvalue weighted by atomic mass is 9.69. The topological polar surface area (TPSA) is 0 Å². The molecule has 6 atom stereocenters. The molecule has 0 aromatic heterocycles. The van der Waals surface area contributed by atoms with Crippen LogP contribution in [0.4, 0.5) is 0 Å². The highest BCUT2D eigenvalue weighted by Crippen LogP contribution is 2.66. The first-order valence-corrected chi connectivity index (χ1v) is 9.96. The number of hydrogen-bond acceptors (Lipinski definition) is 4. The lowest BCUT2D eigenvalue weighted by Crippen LogP contribution is -2.45. The van der Waals surface area contributed by atoms with Gasteiger partial charge < -0.3 is 0 Å². The fraction of sp³-hybridized carbons (Fsp3) is 0.900. The van der Waals surface area contributed by atoms with Crippen molar-refractivity contribution in [2.75, 3.05) is 0 Å². The third-order valence-corrected chi connectivity index (χ3v) is 10.9. The molecule has 6 unspecified atom stereocenters. The van der Waals surface area contributed by atoms with Crippen molar-refractivity contribution in [3.8, 4) is 0 Å². The quantitative estimate of drug-likeness (QED) is 0.479. The van der Waals surface area contributed by atoms with Crippen molar-refractivity contribution in [2.45, 2.75) is 40.3 Å². The van der Waals surface area contributed by atoms with Crippen LogP contribution in [0, 0.1) is 18.3 Å². The molecule has 0 amide bonds. The predicted molar refractivity (Wildman–Crippen MR) is 70.6 cm³/mol. The molecule has 2 heterocycles. The van der Waals surface area contributed by atoms with Crippen LogP contribution in [0.5, 0.6) is 0 Å². The van der Waals surface area contributed by atoms with Gasteiger partial charge in [0.2, 0.25) is 0 Å². The number of hydrogen-bond donors (Lipinski definition) is 0. The third kappa shape index (κ3) is 1.17. The summed E-state index contributed by atoms with van der Waals surface area (Å²) >= 11 is 0. The van der Waals surface area contributed by atoms with Crippen molar-refractivity contribution in [2.24, 2.45) is 11.8 Å². The van der Waals surface area contributed by atoms with E-state index in [1.54, 1.807) is 0 Å². The Hall–Kier alpha value is 1.27. The molecule has 2 saturated carbocycles. The molecular weight excluding hydrogens is 248 g/mol. The molecule has 4 aliphatic rings. The van der Waals surface area contributed by atoms with Gasteiger partial charge in [-0.15, -0.1) is 0 Å². The van der Waals surface area contributed by atoms with Crippen molar-refractivity contribution in [1.29, 1.82) is 0 Å². The van der Waals surface area contributed by atoms with E-state index in [0.717, 1.165) is 32.8 Å². The smallest absolute Gasteiger partial charge is 0.0899 e. The normalized spacial score (nSPS) is 59.4. The van der Waals surface area contributed by atoms with Crippen molar-refractivity contribution in [1.82, 2.24) is 0 Å². The zero-order chi connectivity index (χ0) is 9.12. The lowest BCUT2D eigenvalue weighted by Gasteiger charge is -2.38. The van der Waals surface area contributed by atoms with Crippen LogP contribution in [0.2, 0.25) is 0 Å². The molecule has 2 aliphatic heterocycles. The van der Waals surface area contributed by atoms with Crippen LogP contribution < -0.4 is 0 Å². The van der Waals surface area contributed by atoms with E-state index >= 15 is 0 Å². The van der Waals surface area contributed by atoms with Crippen LogP contribution in [-0.2, 0) is 0 Å². The molecule has 0 aromatic carbocycles. The fourth-order valence-electron chi connectivity index (χ4n) is 3.42. The van der Waals surface area contributed by atoms with Crippen LogP contribution in [0.15, 0.2) is 0 Å². The predicted octanol–water partition coefficient (Wildman–Crippen LogP) is 3.88. The second-order valence-corrected chi connectivity index (χ2v) is 10.1. The van der Waals surface area contributed by atoms with Gasteiger partial charge in [0.25, 0.3) is 0 Å². The van der Waals surface area contributed by atoms with Crippen LogP contribution in [0.1, 0.15) is 19.3 Å². The Bertz CT molecular complexity index is 207. The molecule has 0 bridgehead atoms. The third-order valence-electron chi connectivity index (χ3n) is 4.04. The van der Waals surface area contributed by atoms with E-state index < -0.39 is 0 Å². The summed E-state index contributed by atoms with van der Waals surface area (Å²) in [5, 5.41) is 3.91. The highest BCUT2D eigenvalue weighted by Gasteiger charge is 2.60. The van der Waals surface area contributed by atoms with Crippen molar-refractivity contribution < 1.29 is 0 Å². The average molecular weight is 261 g/mol. The molecular formula is C10H13S4+. The lowest BCUT2D eigenvalue weighted by molar-refractivity contribution is 0.235. The van der Waals surface area contributed by atoms with Crippen LogP contribution in [0.25, 0.3) is 0 Å². The molecule has 14 heavy (non-hydrogen) atoms. The van der Waals surface area contributed by atoms with E-state index in [2.05, 4.69) is 49.6 Å². The summed E-state index contributed by atoms with van der Waals surface area (Å²) in [6.07, 6.45) is 7.01. The molecule has 0 N–H and O–H groups in total. The maximum absolute atomic E-state index is 2.63. The average Bonchev–Trinajstić information content (AvgIpc) is 2.77. The minimum Gasteiger partial charge on any atom is -0.0899 e. The monoisotopic (exact) mass is 261 g/mol.